The first-order valence-corrected chi connectivity index (χ1v) is 6.94. The van der Waals surface area contributed by atoms with E-state index in [1.54, 1.807) is 24.3 Å². The molecule has 1 heterocycles. The van der Waals surface area contributed by atoms with Gasteiger partial charge in [-0.05, 0) is 35.9 Å². The van der Waals surface area contributed by atoms with Gasteiger partial charge in [0.1, 0.15) is 0 Å². The highest BCUT2D eigenvalue weighted by molar-refractivity contribution is 6.34. The Kier molecular flexibility index (Phi) is 3.91. The molecule has 2 aromatic carbocycles. The van der Waals surface area contributed by atoms with Crippen molar-refractivity contribution in [3.8, 4) is 0 Å². The molecule has 0 bridgehead atoms. The van der Waals surface area contributed by atoms with Crippen molar-refractivity contribution in [1.29, 1.82) is 0 Å². The number of aliphatic imine (C=N–C) groups is 1. The molecule has 0 fully saturated rings. The summed E-state index contributed by atoms with van der Waals surface area (Å²) in [6.07, 6.45) is 1.50. The van der Waals surface area contributed by atoms with E-state index in [1.165, 1.54) is 30.3 Å². The van der Waals surface area contributed by atoms with Crippen molar-refractivity contribution in [2.24, 2.45) is 4.99 Å². The van der Waals surface area contributed by atoms with E-state index >= 15 is 0 Å². The summed E-state index contributed by atoms with van der Waals surface area (Å²) in [5.41, 5.74) is 1.21. The minimum atomic E-state index is -0.599. The number of ether oxygens (including phenoxy) is 1. The van der Waals surface area contributed by atoms with Gasteiger partial charge >= 0.3 is 5.97 Å². The number of non-ortho nitro benzene ring substituents is 1. The molecule has 7 heteroatoms. The Balaban J connectivity index is 1.92. The molecule has 1 aliphatic rings. The SMILES string of the molecule is O=C1OC(c2ccccc2Cl)=N/C1=C/c1ccc([N+](=O)[O-])cc1. The largest absolute Gasteiger partial charge is 0.402 e. The van der Waals surface area contributed by atoms with Crippen molar-refractivity contribution in [1.82, 2.24) is 0 Å². The lowest BCUT2D eigenvalue weighted by Crippen LogP contribution is -2.05. The Morgan fingerprint density at radius 3 is 2.48 bits per heavy atom. The molecule has 3 rings (SSSR count). The molecule has 0 saturated heterocycles. The summed E-state index contributed by atoms with van der Waals surface area (Å²) in [5, 5.41) is 11.0. The second-order valence-corrected chi connectivity index (χ2v) is 5.07. The van der Waals surface area contributed by atoms with E-state index in [0.717, 1.165) is 0 Å². The van der Waals surface area contributed by atoms with Crippen molar-refractivity contribution in [3.05, 3.63) is 80.5 Å². The molecule has 0 radical (unpaired) electrons. The van der Waals surface area contributed by atoms with E-state index in [0.29, 0.717) is 16.1 Å². The Hall–Kier alpha value is -2.99. The molecule has 0 amide bonds. The Morgan fingerprint density at radius 2 is 1.83 bits per heavy atom. The first kappa shape index (κ1) is 14.9. The lowest BCUT2D eigenvalue weighted by atomic mass is 10.2. The van der Waals surface area contributed by atoms with Crippen LogP contribution in [0.15, 0.2) is 59.2 Å². The van der Waals surface area contributed by atoms with Crippen LogP contribution >= 0.6 is 11.6 Å². The number of esters is 1. The molecule has 0 aliphatic carbocycles. The first-order chi connectivity index (χ1) is 11.0. The average Bonchev–Trinajstić information content (AvgIpc) is 2.89. The van der Waals surface area contributed by atoms with Crippen LogP contribution in [0.1, 0.15) is 11.1 Å². The third kappa shape index (κ3) is 3.12. The third-order valence-electron chi connectivity index (χ3n) is 3.13. The molecule has 0 unspecified atom stereocenters. The Morgan fingerprint density at radius 1 is 1.13 bits per heavy atom. The van der Waals surface area contributed by atoms with E-state index < -0.39 is 10.9 Å². The second-order valence-electron chi connectivity index (χ2n) is 4.66. The van der Waals surface area contributed by atoms with Gasteiger partial charge in [0, 0.05) is 12.1 Å². The highest BCUT2D eigenvalue weighted by Crippen LogP contribution is 2.24. The molecule has 1 aliphatic heterocycles. The number of nitro groups is 1. The average molecular weight is 329 g/mol. The van der Waals surface area contributed by atoms with Crippen molar-refractivity contribution in [2.45, 2.75) is 0 Å². The normalized spacial score (nSPS) is 15.4. The monoisotopic (exact) mass is 328 g/mol. The van der Waals surface area contributed by atoms with Crippen LogP contribution in [0.3, 0.4) is 0 Å². The smallest absolute Gasteiger partial charge is 0.363 e. The predicted molar refractivity (Wildman–Crippen MR) is 85.2 cm³/mol. The molecule has 0 aromatic heterocycles. The van der Waals surface area contributed by atoms with Crippen LogP contribution < -0.4 is 0 Å². The molecule has 0 spiro atoms. The summed E-state index contributed by atoms with van der Waals surface area (Å²) in [5.74, 6) is -0.466. The molecule has 23 heavy (non-hydrogen) atoms. The number of carbonyl (C=O) groups is 1. The first-order valence-electron chi connectivity index (χ1n) is 6.56. The zero-order chi connectivity index (χ0) is 16.4. The quantitative estimate of drug-likeness (QED) is 0.373. The Bertz CT molecular complexity index is 857. The maximum Gasteiger partial charge on any atom is 0.363 e. The van der Waals surface area contributed by atoms with Crippen LogP contribution in [0.4, 0.5) is 5.69 Å². The predicted octanol–water partition coefficient (Wildman–Crippen LogP) is 3.59. The lowest BCUT2D eigenvalue weighted by molar-refractivity contribution is -0.384. The van der Waals surface area contributed by atoms with Crippen molar-refractivity contribution < 1.29 is 14.5 Å². The molecular formula is C16H9ClN2O4. The molecule has 114 valence electrons. The zero-order valence-electron chi connectivity index (χ0n) is 11.6. The fraction of sp³-hybridized carbons (Fsp3) is 0. The molecular weight excluding hydrogens is 320 g/mol. The number of hydrogen-bond donors (Lipinski definition) is 0. The van der Waals surface area contributed by atoms with Gasteiger partial charge < -0.3 is 4.74 Å². The number of carbonyl (C=O) groups excluding carboxylic acids is 1. The van der Waals surface area contributed by atoms with Crippen LogP contribution in [-0.2, 0) is 9.53 Å². The van der Waals surface area contributed by atoms with Gasteiger partial charge in [-0.2, -0.15) is 0 Å². The molecule has 2 aromatic rings. The number of nitrogens with zero attached hydrogens (tertiary/aromatic N) is 2. The van der Waals surface area contributed by atoms with Crippen LogP contribution in [0.5, 0.6) is 0 Å². The highest BCUT2D eigenvalue weighted by Gasteiger charge is 2.25. The summed E-state index contributed by atoms with van der Waals surface area (Å²) in [4.78, 5) is 26.2. The Labute approximate surface area is 135 Å². The number of cyclic esters (lactones) is 1. The number of nitro benzene ring substituents is 1. The van der Waals surface area contributed by atoms with Crippen molar-refractivity contribution in [3.63, 3.8) is 0 Å². The maximum absolute atomic E-state index is 11.9. The third-order valence-corrected chi connectivity index (χ3v) is 3.46. The molecule has 6 nitrogen and oxygen atoms in total. The zero-order valence-corrected chi connectivity index (χ0v) is 12.4. The second kappa shape index (κ2) is 6.02. The maximum atomic E-state index is 11.9. The molecule has 0 N–H and O–H groups in total. The van der Waals surface area contributed by atoms with E-state index in [4.69, 9.17) is 16.3 Å². The van der Waals surface area contributed by atoms with E-state index in [9.17, 15) is 14.9 Å². The van der Waals surface area contributed by atoms with Gasteiger partial charge in [0.25, 0.3) is 5.69 Å². The fourth-order valence-corrected chi connectivity index (χ4v) is 2.23. The van der Waals surface area contributed by atoms with Crippen LogP contribution in [0.2, 0.25) is 5.02 Å². The van der Waals surface area contributed by atoms with Gasteiger partial charge in [-0.3, -0.25) is 10.1 Å². The number of halogens is 1. The van der Waals surface area contributed by atoms with Crippen LogP contribution in [0.25, 0.3) is 6.08 Å². The fourth-order valence-electron chi connectivity index (χ4n) is 2.01. The van der Waals surface area contributed by atoms with Crippen LogP contribution in [0, 0.1) is 10.1 Å². The van der Waals surface area contributed by atoms with Gasteiger partial charge in [-0.15, -0.1) is 0 Å². The van der Waals surface area contributed by atoms with Gasteiger partial charge in [-0.25, -0.2) is 9.79 Å². The minimum Gasteiger partial charge on any atom is -0.402 e. The van der Waals surface area contributed by atoms with Crippen molar-refractivity contribution in [2.75, 3.05) is 0 Å². The summed E-state index contributed by atoms with van der Waals surface area (Å²) in [6.45, 7) is 0. The highest BCUT2D eigenvalue weighted by atomic mass is 35.5. The lowest BCUT2D eigenvalue weighted by Gasteiger charge is -2.00. The van der Waals surface area contributed by atoms with Gasteiger partial charge in [0.15, 0.2) is 5.70 Å². The van der Waals surface area contributed by atoms with E-state index in [2.05, 4.69) is 4.99 Å². The van der Waals surface area contributed by atoms with Gasteiger partial charge in [0.05, 0.1) is 15.5 Å². The number of rotatable bonds is 3. The summed E-state index contributed by atoms with van der Waals surface area (Å²) in [7, 11) is 0. The van der Waals surface area contributed by atoms with Crippen LogP contribution in [-0.4, -0.2) is 16.8 Å². The molecule has 0 atom stereocenters. The summed E-state index contributed by atoms with van der Waals surface area (Å²) >= 11 is 6.05. The summed E-state index contributed by atoms with van der Waals surface area (Å²) < 4.78 is 5.13. The number of hydrogen-bond acceptors (Lipinski definition) is 5. The standard InChI is InChI=1S/C16H9ClN2O4/c17-13-4-2-1-3-12(13)15-18-14(16(20)23-15)9-10-5-7-11(8-6-10)19(21)22/h1-9H/b14-9+. The van der Waals surface area contributed by atoms with Gasteiger partial charge in [-0.1, -0.05) is 23.7 Å². The van der Waals surface area contributed by atoms with E-state index in [-0.39, 0.29) is 17.3 Å². The van der Waals surface area contributed by atoms with Gasteiger partial charge in [0.2, 0.25) is 5.90 Å². The summed E-state index contributed by atoms with van der Waals surface area (Å²) in [6, 6.07) is 12.7. The minimum absolute atomic E-state index is 0.0265. The topological polar surface area (TPSA) is 81.8 Å². The van der Waals surface area contributed by atoms with E-state index in [1.807, 2.05) is 0 Å². The molecule has 0 saturated carbocycles. The van der Waals surface area contributed by atoms with Crippen molar-refractivity contribution >= 4 is 35.2 Å². The number of benzene rings is 2.